The van der Waals surface area contributed by atoms with E-state index >= 15 is 0 Å². The van der Waals surface area contributed by atoms with Crippen LogP contribution in [0.25, 0.3) is 0 Å². The van der Waals surface area contributed by atoms with Gasteiger partial charge in [0.1, 0.15) is 5.67 Å². The van der Waals surface area contributed by atoms with Crippen LogP contribution >= 0.6 is 0 Å². The van der Waals surface area contributed by atoms with Gasteiger partial charge in [-0.1, -0.05) is 0 Å². The van der Waals surface area contributed by atoms with Crippen LogP contribution in [-0.4, -0.2) is 30.5 Å². The maximum absolute atomic E-state index is 13.9. The molecule has 0 aromatic rings. The van der Waals surface area contributed by atoms with E-state index in [0.29, 0.717) is 19.5 Å². The molecule has 64 valence electrons. The highest BCUT2D eigenvalue weighted by Gasteiger charge is 2.58. The number of fused-ring (bicyclic) bond motifs is 1. The first-order chi connectivity index (χ1) is 5.22. The minimum absolute atomic E-state index is 0.00347. The van der Waals surface area contributed by atoms with Crippen LogP contribution in [0.15, 0.2) is 0 Å². The highest BCUT2D eigenvalue weighted by atomic mass is 19.1. The summed E-state index contributed by atoms with van der Waals surface area (Å²) in [5.74, 6) is 0. The van der Waals surface area contributed by atoms with Crippen molar-refractivity contribution < 1.29 is 9.50 Å². The molecular weight excluding hydrogens is 145 g/mol. The second kappa shape index (κ2) is 2.17. The SMILES string of the molecule is OC[C@@]12CCC[C@]1(F)CNC2. The van der Waals surface area contributed by atoms with Crippen molar-refractivity contribution in [3.05, 3.63) is 0 Å². The summed E-state index contributed by atoms with van der Waals surface area (Å²) in [4.78, 5) is 0. The Morgan fingerprint density at radius 1 is 1.36 bits per heavy atom. The van der Waals surface area contributed by atoms with Crippen molar-refractivity contribution in [2.45, 2.75) is 24.9 Å². The minimum atomic E-state index is -1.11. The van der Waals surface area contributed by atoms with Crippen molar-refractivity contribution in [2.24, 2.45) is 5.41 Å². The van der Waals surface area contributed by atoms with E-state index in [-0.39, 0.29) is 6.61 Å². The topological polar surface area (TPSA) is 32.3 Å². The molecule has 3 heteroatoms. The van der Waals surface area contributed by atoms with Crippen molar-refractivity contribution in [1.29, 1.82) is 0 Å². The third-order valence-electron chi connectivity index (χ3n) is 3.35. The van der Waals surface area contributed by atoms with Crippen molar-refractivity contribution in [1.82, 2.24) is 5.32 Å². The van der Waals surface area contributed by atoms with Gasteiger partial charge in [-0.05, 0) is 19.3 Å². The molecule has 2 nitrogen and oxygen atoms in total. The van der Waals surface area contributed by atoms with Gasteiger partial charge in [-0.2, -0.15) is 0 Å². The minimum Gasteiger partial charge on any atom is -0.396 e. The number of aliphatic hydroxyl groups is 1. The zero-order valence-electron chi connectivity index (χ0n) is 6.57. The summed E-state index contributed by atoms with van der Waals surface area (Å²) in [6, 6.07) is 0. The molecule has 2 N–H and O–H groups in total. The first kappa shape index (κ1) is 7.50. The summed E-state index contributed by atoms with van der Waals surface area (Å²) < 4.78 is 13.9. The predicted molar refractivity (Wildman–Crippen MR) is 40.1 cm³/mol. The van der Waals surface area contributed by atoms with E-state index in [0.717, 1.165) is 12.8 Å². The first-order valence-electron chi connectivity index (χ1n) is 4.23. The Balaban J connectivity index is 2.28. The molecular formula is C8H14FNO. The molecule has 0 aromatic carbocycles. The number of nitrogens with one attached hydrogen (secondary N) is 1. The Morgan fingerprint density at radius 2 is 2.18 bits per heavy atom. The predicted octanol–water partition coefficient (Wildman–Crippen LogP) is 0.460. The largest absolute Gasteiger partial charge is 0.396 e. The molecule has 0 spiro atoms. The van der Waals surface area contributed by atoms with Crippen LogP contribution in [0.2, 0.25) is 0 Å². The van der Waals surface area contributed by atoms with Gasteiger partial charge in [0.05, 0.1) is 6.61 Å². The van der Waals surface area contributed by atoms with Gasteiger partial charge in [-0.25, -0.2) is 4.39 Å². The lowest BCUT2D eigenvalue weighted by Crippen LogP contribution is -2.41. The molecule has 0 amide bonds. The van der Waals surface area contributed by atoms with Crippen LogP contribution in [0.1, 0.15) is 19.3 Å². The zero-order chi connectivity index (χ0) is 7.95. The number of hydrogen-bond acceptors (Lipinski definition) is 2. The fourth-order valence-corrected chi connectivity index (χ4v) is 2.50. The Kier molecular flexibility index (Phi) is 1.48. The molecule has 1 saturated carbocycles. The molecule has 2 atom stereocenters. The molecule has 0 unspecified atom stereocenters. The molecule has 0 aromatic heterocycles. The second-order valence-corrected chi connectivity index (χ2v) is 3.86. The van der Waals surface area contributed by atoms with Crippen LogP contribution in [0.4, 0.5) is 4.39 Å². The quantitative estimate of drug-likeness (QED) is 0.582. The van der Waals surface area contributed by atoms with Gasteiger partial charge in [0.15, 0.2) is 0 Å². The lowest BCUT2D eigenvalue weighted by molar-refractivity contribution is 0.0203. The Morgan fingerprint density at radius 3 is 2.82 bits per heavy atom. The third-order valence-corrected chi connectivity index (χ3v) is 3.35. The van der Waals surface area contributed by atoms with E-state index in [1.165, 1.54) is 0 Å². The highest BCUT2D eigenvalue weighted by molar-refractivity contribution is 5.10. The highest BCUT2D eigenvalue weighted by Crippen LogP contribution is 2.50. The monoisotopic (exact) mass is 159 g/mol. The van der Waals surface area contributed by atoms with Gasteiger partial charge in [-0.15, -0.1) is 0 Å². The molecule has 2 rings (SSSR count). The van der Waals surface area contributed by atoms with Crippen molar-refractivity contribution >= 4 is 0 Å². The standard InChI is InChI=1S/C8H14FNO/c9-8-3-1-2-7(8,6-11)4-10-5-8/h10-11H,1-6H2/t7-,8-/m0/s1. The van der Waals surface area contributed by atoms with Gasteiger partial charge >= 0.3 is 0 Å². The molecule has 1 aliphatic heterocycles. The molecule has 0 radical (unpaired) electrons. The molecule has 2 fully saturated rings. The lowest BCUT2D eigenvalue weighted by atomic mass is 9.79. The number of hydrogen-bond donors (Lipinski definition) is 2. The first-order valence-corrected chi connectivity index (χ1v) is 4.23. The summed E-state index contributed by atoms with van der Waals surface area (Å²) in [5.41, 5.74) is -1.55. The lowest BCUT2D eigenvalue weighted by Gasteiger charge is -2.30. The molecule has 1 heterocycles. The summed E-state index contributed by atoms with van der Waals surface area (Å²) >= 11 is 0. The summed E-state index contributed by atoms with van der Waals surface area (Å²) in [5, 5.41) is 12.1. The number of rotatable bonds is 1. The third kappa shape index (κ3) is 0.783. The zero-order valence-corrected chi connectivity index (χ0v) is 6.57. The Bertz CT molecular complexity index is 161. The van der Waals surface area contributed by atoms with Gasteiger partial charge < -0.3 is 10.4 Å². The average Bonchev–Trinajstić information content (AvgIpc) is 2.41. The number of alkyl halides is 1. The Labute approximate surface area is 65.8 Å². The van der Waals surface area contributed by atoms with Gasteiger partial charge in [0, 0.05) is 18.5 Å². The van der Waals surface area contributed by atoms with Crippen LogP contribution in [-0.2, 0) is 0 Å². The fourth-order valence-electron chi connectivity index (χ4n) is 2.50. The van der Waals surface area contributed by atoms with Crippen LogP contribution in [0.5, 0.6) is 0 Å². The van der Waals surface area contributed by atoms with Crippen LogP contribution in [0.3, 0.4) is 0 Å². The van der Waals surface area contributed by atoms with Crippen LogP contribution in [0, 0.1) is 5.41 Å². The molecule has 0 bridgehead atoms. The van der Waals surface area contributed by atoms with Crippen LogP contribution < -0.4 is 5.32 Å². The van der Waals surface area contributed by atoms with E-state index < -0.39 is 11.1 Å². The van der Waals surface area contributed by atoms with E-state index in [9.17, 15) is 4.39 Å². The summed E-state index contributed by atoms with van der Waals surface area (Å²) in [6.45, 7) is 1.09. The Hall–Kier alpha value is -0.150. The van der Waals surface area contributed by atoms with E-state index in [4.69, 9.17) is 5.11 Å². The summed E-state index contributed by atoms with van der Waals surface area (Å²) in [7, 11) is 0. The van der Waals surface area contributed by atoms with E-state index in [2.05, 4.69) is 5.32 Å². The maximum Gasteiger partial charge on any atom is 0.132 e. The van der Waals surface area contributed by atoms with Crippen molar-refractivity contribution in [3.63, 3.8) is 0 Å². The molecule has 11 heavy (non-hydrogen) atoms. The molecule has 2 aliphatic rings. The smallest absolute Gasteiger partial charge is 0.132 e. The molecule has 1 saturated heterocycles. The second-order valence-electron chi connectivity index (χ2n) is 3.86. The van der Waals surface area contributed by atoms with Crippen molar-refractivity contribution in [2.75, 3.05) is 19.7 Å². The molecule has 1 aliphatic carbocycles. The van der Waals surface area contributed by atoms with Gasteiger partial charge in [0.2, 0.25) is 0 Å². The summed E-state index contributed by atoms with van der Waals surface area (Å²) in [6.07, 6.45) is 2.40. The number of halogens is 1. The van der Waals surface area contributed by atoms with Gasteiger partial charge in [-0.3, -0.25) is 0 Å². The van der Waals surface area contributed by atoms with E-state index in [1.54, 1.807) is 0 Å². The van der Waals surface area contributed by atoms with E-state index in [1.807, 2.05) is 0 Å². The van der Waals surface area contributed by atoms with Crippen molar-refractivity contribution in [3.8, 4) is 0 Å². The normalized spacial score (nSPS) is 49.6. The number of aliphatic hydroxyl groups excluding tert-OH is 1. The maximum atomic E-state index is 13.9. The fraction of sp³-hybridized carbons (Fsp3) is 1.00. The average molecular weight is 159 g/mol. The van der Waals surface area contributed by atoms with Gasteiger partial charge in [0.25, 0.3) is 0 Å².